The quantitative estimate of drug-likeness (QED) is 0.443. The van der Waals surface area contributed by atoms with Gasteiger partial charge >= 0.3 is 0 Å². The maximum atomic E-state index is 8.51. The molecule has 21 heavy (non-hydrogen) atoms. The predicted octanol–water partition coefficient (Wildman–Crippen LogP) is 1.56. The first-order valence-electron chi connectivity index (χ1n) is 7.49. The molecule has 0 atom stereocenters. The van der Waals surface area contributed by atoms with Crippen LogP contribution in [0, 0.1) is 0 Å². The van der Waals surface area contributed by atoms with Gasteiger partial charge < -0.3 is 10.4 Å². The van der Waals surface area contributed by atoms with Crippen LogP contribution < -0.4 is 0 Å². The highest BCUT2D eigenvalue weighted by molar-refractivity contribution is 5.78. The van der Waals surface area contributed by atoms with E-state index in [9.17, 15) is 0 Å². The Balaban J connectivity index is 1.63. The smallest absolute Gasteiger partial charge is 0.0691 e. The van der Waals surface area contributed by atoms with Crippen LogP contribution in [0.5, 0.6) is 0 Å². The zero-order valence-corrected chi connectivity index (χ0v) is 12.4. The van der Waals surface area contributed by atoms with Gasteiger partial charge in [-0.25, -0.2) is 0 Å². The molecule has 0 saturated heterocycles. The third-order valence-corrected chi connectivity index (χ3v) is 4.05. The highest BCUT2D eigenvalue weighted by Gasteiger charge is 2.13. The number of hydrogen-bond donors (Lipinski definition) is 2. The lowest BCUT2D eigenvalue weighted by Crippen LogP contribution is -2.34. The van der Waals surface area contributed by atoms with Gasteiger partial charge in [0.1, 0.15) is 0 Å². The average Bonchev–Trinajstić information content (AvgIpc) is 2.51. The molecule has 2 N–H and O–H groups in total. The van der Waals surface area contributed by atoms with E-state index in [0.717, 1.165) is 69.7 Å². The first-order valence-corrected chi connectivity index (χ1v) is 7.49. The summed E-state index contributed by atoms with van der Waals surface area (Å²) in [5.74, 6) is 0. The second kappa shape index (κ2) is 8.59. The van der Waals surface area contributed by atoms with E-state index in [2.05, 4.69) is 32.3 Å². The Morgan fingerprint density at radius 2 is 1.38 bits per heavy atom. The first kappa shape index (κ1) is 15.7. The summed E-state index contributed by atoms with van der Waals surface area (Å²) in [5.41, 5.74) is 2.24. The molecule has 0 spiro atoms. The number of oxime groups is 2. The molecule has 2 rings (SSSR count). The van der Waals surface area contributed by atoms with Crippen LogP contribution in [0.3, 0.4) is 0 Å². The van der Waals surface area contributed by atoms with Crippen LogP contribution in [0.2, 0.25) is 0 Å². The molecule has 0 amide bonds. The van der Waals surface area contributed by atoms with Gasteiger partial charge in [0.2, 0.25) is 0 Å². The van der Waals surface area contributed by atoms with Crippen molar-refractivity contribution >= 4 is 12.4 Å². The van der Waals surface area contributed by atoms with Gasteiger partial charge in [0, 0.05) is 26.2 Å². The Morgan fingerprint density at radius 3 is 1.71 bits per heavy atom. The minimum atomic E-state index is 0.943. The first-order chi connectivity index (χ1) is 10.3. The molecule has 6 heteroatoms. The molecule has 0 aromatic heterocycles. The van der Waals surface area contributed by atoms with E-state index < -0.39 is 0 Å². The van der Waals surface area contributed by atoms with Crippen molar-refractivity contribution in [3.05, 3.63) is 23.3 Å². The van der Waals surface area contributed by atoms with Crippen LogP contribution in [0.4, 0.5) is 0 Å². The molecule has 2 heterocycles. The van der Waals surface area contributed by atoms with Crippen LogP contribution in [-0.2, 0) is 0 Å². The van der Waals surface area contributed by atoms with Crippen molar-refractivity contribution in [2.24, 2.45) is 10.3 Å². The van der Waals surface area contributed by atoms with Gasteiger partial charge in [-0.3, -0.25) is 9.80 Å². The molecule has 0 radical (unpaired) electrons. The molecule has 6 nitrogen and oxygen atoms in total. The van der Waals surface area contributed by atoms with E-state index in [0.29, 0.717) is 0 Å². The van der Waals surface area contributed by atoms with E-state index in [1.165, 1.54) is 12.4 Å². The summed E-state index contributed by atoms with van der Waals surface area (Å²) >= 11 is 0. The summed E-state index contributed by atoms with van der Waals surface area (Å²) in [6.45, 7) is 6.16. The monoisotopic (exact) mass is 292 g/mol. The molecule has 0 bridgehead atoms. The fourth-order valence-electron chi connectivity index (χ4n) is 2.76. The Labute approximate surface area is 125 Å². The summed E-state index contributed by atoms with van der Waals surface area (Å²) in [6, 6.07) is 0. The van der Waals surface area contributed by atoms with E-state index >= 15 is 0 Å². The van der Waals surface area contributed by atoms with Gasteiger partial charge in [0.05, 0.1) is 12.4 Å². The zero-order valence-electron chi connectivity index (χ0n) is 12.4. The van der Waals surface area contributed by atoms with Crippen LogP contribution >= 0.6 is 0 Å². The third kappa shape index (κ3) is 5.32. The van der Waals surface area contributed by atoms with Crippen LogP contribution in [0.15, 0.2) is 33.6 Å². The number of hydrogen-bond acceptors (Lipinski definition) is 6. The minimum Gasteiger partial charge on any atom is -0.411 e. The van der Waals surface area contributed by atoms with Crippen LogP contribution in [0.1, 0.15) is 19.3 Å². The van der Waals surface area contributed by atoms with Gasteiger partial charge in [-0.15, -0.1) is 0 Å². The Bertz CT molecular complexity index is 403. The lowest BCUT2D eigenvalue weighted by Gasteiger charge is -2.28. The maximum Gasteiger partial charge on any atom is 0.0691 e. The molecule has 0 saturated carbocycles. The van der Waals surface area contributed by atoms with Gasteiger partial charge in [0.15, 0.2) is 0 Å². The van der Waals surface area contributed by atoms with E-state index in [1.54, 1.807) is 0 Å². The largest absolute Gasteiger partial charge is 0.411 e. The normalized spacial score (nSPS) is 21.9. The van der Waals surface area contributed by atoms with Crippen LogP contribution in [0.25, 0.3) is 0 Å². The minimum absolute atomic E-state index is 0.943. The van der Waals surface area contributed by atoms with Gasteiger partial charge in [-0.1, -0.05) is 22.5 Å². The van der Waals surface area contributed by atoms with Crippen molar-refractivity contribution in [1.82, 2.24) is 9.80 Å². The summed E-state index contributed by atoms with van der Waals surface area (Å²) in [7, 11) is 0. The predicted molar refractivity (Wildman–Crippen MR) is 83.5 cm³/mol. The molecule has 0 fully saturated rings. The topological polar surface area (TPSA) is 71.7 Å². The molecule has 116 valence electrons. The Kier molecular flexibility index (Phi) is 6.43. The van der Waals surface area contributed by atoms with E-state index in [1.807, 2.05) is 0 Å². The fourth-order valence-corrected chi connectivity index (χ4v) is 2.76. The lowest BCUT2D eigenvalue weighted by atomic mass is 10.1. The van der Waals surface area contributed by atoms with Gasteiger partial charge in [-0.2, -0.15) is 0 Å². The van der Waals surface area contributed by atoms with Crippen molar-refractivity contribution in [3.8, 4) is 0 Å². The van der Waals surface area contributed by atoms with Crippen molar-refractivity contribution in [1.29, 1.82) is 0 Å². The Morgan fingerprint density at radius 1 is 0.905 bits per heavy atom. The fraction of sp³-hybridized carbons (Fsp3) is 0.600. The standard InChI is InChI=1S/C15H24N4O2/c20-16-12-14-2-8-18(9-3-14)6-1-7-19-10-4-15(5-11-19)13-17-21/h2,4,12-13,20-21H,1,3,5-11H2/b16-12+,17-13+. The highest BCUT2D eigenvalue weighted by atomic mass is 16.4. The highest BCUT2D eigenvalue weighted by Crippen LogP contribution is 2.11. The summed E-state index contributed by atoms with van der Waals surface area (Å²) < 4.78 is 0. The summed E-state index contributed by atoms with van der Waals surface area (Å²) in [4.78, 5) is 4.86. The van der Waals surface area contributed by atoms with Gasteiger partial charge in [-0.05, 0) is 43.5 Å². The molecular weight excluding hydrogens is 268 g/mol. The van der Waals surface area contributed by atoms with Gasteiger partial charge in [0.25, 0.3) is 0 Å². The number of rotatable bonds is 6. The van der Waals surface area contributed by atoms with E-state index in [-0.39, 0.29) is 0 Å². The average molecular weight is 292 g/mol. The molecule has 0 aliphatic carbocycles. The van der Waals surface area contributed by atoms with Crippen molar-refractivity contribution in [2.75, 3.05) is 39.3 Å². The molecular formula is C15H24N4O2. The van der Waals surface area contributed by atoms with E-state index in [4.69, 9.17) is 10.4 Å². The molecule has 0 aromatic rings. The van der Waals surface area contributed by atoms with Crippen molar-refractivity contribution in [3.63, 3.8) is 0 Å². The van der Waals surface area contributed by atoms with Crippen LogP contribution in [-0.4, -0.2) is 71.9 Å². The molecule has 0 unspecified atom stereocenters. The molecule has 0 aromatic carbocycles. The summed E-state index contributed by atoms with van der Waals surface area (Å²) in [6.07, 6.45) is 10.4. The number of nitrogens with zero attached hydrogens (tertiary/aromatic N) is 4. The second-order valence-corrected chi connectivity index (χ2v) is 5.50. The van der Waals surface area contributed by atoms with Crippen molar-refractivity contribution in [2.45, 2.75) is 19.3 Å². The molecule has 2 aliphatic heterocycles. The SMILES string of the molecule is O/N=C/C1=CCN(CCCN2CC=C(/C=N/O)CC2)CC1. The lowest BCUT2D eigenvalue weighted by molar-refractivity contribution is 0.244. The molecule has 2 aliphatic rings. The zero-order chi connectivity index (χ0) is 14.9. The summed E-state index contributed by atoms with van der Waals surface area (Å²) in [5, 5.41) is 23.2. The maximum absolute atomic E-state index is 8.51. The third-order valence-electron chi connectivity index (χ3n) is 4.05. The van der Waals surface area contributed by atoms with Crippen molar-refractivity contribution < 1.29 is 10.4 Å². The second-order valence-electron chi connectivity index (χ2n) is 5.50. The Hall–Kier alpha value is -1.66.